The van der Waals surface area contributed by atoms with Crippen LogP contribution in [0, 0.1) is 10.1 Å². The van der Waals surface area contributed by atoms with Gasteiger partial charge in [-0.15, -0.1) is 0 Å². The van der Waals surface area contributed by atoms with Crippen LogP contribution in [-0.2, 0) is 11.2 Å². The van der Waals surface area contributed by atoms with Gasteiger partial charge in [0.05, 0.1) is 11.6 Å². The average Bonchev–Trinajstić information content (AvgIpc) is 2.27. The number of non-ortho nitro benzene ring substituents is 1. The molecule has 0 saturated carbocycles. The Morgan fingerprint density at radius 3 is 2.44 bits per heavy atom. The third kappa shape index (κ3) is 3.76. The first kappa shape index (κ1) is 12.3. The Hall–Kier alpha value is -1.78. The topological polar surface area (TPSA) is 60.2 Å². The molecule has 0 aliphatic rings. The Morgan fingerprint density at radius 1 is 1.31 bits per heavy atom. The maximum Gasteiger partial charge on any atom is 0.269 e. The van der Waals surface area contributed by atoms with Crippen LogP contribution in [0.4, 0.5) is 10.1 Å². The summed E-state index contributed by atoms with van der Waals surface area (Å²) in [6, 6.07) is 5.81. The normalized spacial score (nSPS) is 10.1. The fourth-order valence-electron chi connectivity index (χ4n) is 1.32. The maximum atomic E-state index is 11.8. The molecule has 1 rings (SSSR count). The molecule has 0 amide bonds. The van der Waals surface area contributed by atoms with Crippen LogP contribution in [-0.4, -0.2) is 17.4 Å². The Balaban J connectivity index is 2.55. The zero-order valence-corrected chi connectivity index (χ0v) is 8.69. The van der Waals surface area contributed by atoms with Crippen LogP contribution in [0.1, 0.15) is 18.4 Å². The molecule has 0 heterocycles. The monoisotopic (exact) mass is 224 g/mol. The standard InChI is InChI=1S/C11H12FNO3/c12-7-1-2-11(14)8-9-3-5-10(6-4-9)13(15)16/h3-6H,1-2,7-8H2/i12-1. The predicted molar refractivity (Wildman–Crippen MR) is 57.0 cm³/mol. The van der Waals surface area contributed by atoms with E-state index < -0.39 is 11.6 Å². The highest BCUT2D eigenvalue weighted by Crippen LogP contribution is 2.13. The van der Waals surface area contributed by atoms with Gasteiger partial charge >= 0.3 is 0 Å². The summed E-state index contributed by atoms with van der Waals surface area (Å²) in [5, 5.41) is 10.4. The average molecular weight is 224 g/mol. The first-order valence-electron chi connectivity index (χ1n) is 4.94. The molecule has 0 aromatic heterocycles. The van der Waals surface area contributed by atoms with Crippen molar-refractivity contribution in [2.75, 3.05) is 6.67 Å². The highest BCUT2D eigenvalue weighted by atomic mass is 18.2. The number of Topliss-reactive ketones (excluding diaryl/α,β-unsaturated/α-hetero) is 1. The molecule has 86 valence electrons. The van der Waals surface area contributed by atoms with E-state index in [0.29, 0.717) is 0 Å². The van der Waals surface area contributed by atoms with Crippen LogP contribution in [0.15, 0.2) is 24.3 Å². The number of benzene rings is 1. The molecule has 0 saturated heterocycles. The highest BCUT2D eigenvalue weighted by Gasteiger charge is 2.07. The van der Waals surface area contributed by atoms with Gasteiger partial charge in [0.1, 0.15) is 5.78 Å². The molecular formula is C11H12FNO3. The maximum absolute atomic E-state index is 11.8. The Bertz CT molecular complexity index is 375. The fraction of sp³-hybridized carbons (Fsp3) is 0.364. The van der Waals surface area contributed by atoms with E-state index in [1.807, 2.05) is 0 Å². The molecule has 0 aliphatic heterocycles. The summed E-state index contributed by atoms with van der Waals surface area (Å²) >= 11 is 0. The minimum absolute atomic E-state index is 0.0000397. The van der Waals surface area contributed by atoms with Crippen LogP contribution in [0.3, 0.4) is 0 Å². The summed E-state index contributed by atoms with van der Waals surface area (Å²) < 4.78 is 11.8. The largest absolute Gasteiger partial charge is 0.299 e. The van der Waals surface area contributed by atoms with Gasteiger partial charge in [0.25, 0.3) is 5.69 Å². The second-order valence-electron chi connectivity index (χ2n) is 3.43. The van der Waals surface area contributed by atoms with Crippen LogP contribution in [0.2, 0.25) is 0 Å². The van der Waals surface area contributed by atoms with Crippen molar-refractivity contribution in [1.82, 2.24) is 0 Å². The van der Waals surface area contributed by atoms with Gasteiger partial charge in [-0.2, -0.15) is 0 Å². The van der Waals surface area contributed by atoms with Gasteiger partial charge in [-0.1, -0.05) is 12.1 Å². The Labute approximate surface area is 92.2 Å². The smallest absolute Gasteiger partial charge is 0.269 e. The number of hydrogen-bond donors (Lipinski definition) is 0. The van der Waals surface area contributed by atoms with E-state index in [4.69, 9.17) is 0 Å². The van der Waals surface area contributed by atoms with Crippen molar-refractivity contribution < 1.29 is 14.1 Å². The van der Waals surface area contributed by atoms with Gasteiger partial charge in [0.2, 0.25) is 0 Å². The van der Waals surface area contributed by atoms with E-state index in [1.54, 1.807) is 12.1 Å². The minimum atomic E-state index is -0.494. The van der Waals surface area contributed by atoms with Crippen molar-refractivity contribution in [3.63, 3.8) is 0 Å². The van der Waals surface area contributed by atoms with Crippen molar-refractivity contribution >= 4 is 11.5 Å². The molecule has 0 spiro atoms. The Kier molecular flexibility index (Phi) is 4.57. The van der Waals surface area contributed by atoms with Crippen molar-refractivity contribution in [3.8, 4) is 0 Å². The van der Waals surface area contributed by atoms with Crippen LogP contribution in [0.5, 0.6) is 0 Å². The number of nitro benzene ring substituents is 1. The quantitative estimate of drug-likeness (QED) is 0.550. The molecule has 0 atom stereocenters. The van der Waals surface area contributed by atoms with Crippen LogP contribution < -0.4 is 0 Å². The molecule has 0 aliphatic carbocycles. The van der Waals surface area contributed by atoms with Crippen molar-refractivity contribution in [3.05, 3.63) is 39.9 Å². The van der Waals surface area contributed by atoms with Crippen molar-refractivity contribution in [2.45, 2.75) is 19.3 Å². The number of halogens is 1. The molecule has 1 aromatic rings. The van der Waals surface area contributed by atoms with E-state index in [2.05, 4.69) is 0 Å². The number of carbonyl (C=O) groups excluding carboxylic acids is 1. The molecule has 5 heteroatoms. The van der Waals surface area contributed by atoms with Gasteiger partial charge in [-0.25, -0.2) is 0 Å². The lowest BCUT2D eigenvalue weighted by Gasteiger charge is -1.99. The SMILES string of the molecule is O=C(CCC[18F])Cc1ccc([N+](=O)[O-])cc1. The second-order valence-corrected chi connectivity index (χ2v) is 3.43. The van der Waals surface area contributed by atoms with Gasteiger partial charge < -0.3 is 0 Å². The predicted octanol–water partition coefficient (Wildman–Crippen LogP) is 2.46. The molecule has 0 fully saturated rings. The summed E-state index contributed by atoms with van der Waals surface area (Å²) in [5.74, 6) is -0.0495. The number of ketones is 1. The summed E-state index contributed by atoms with van der Waals surface area (Å²) in [5.41, 5.74) is 0.717. The molecule has 0 N–H and O–H groups in total. The summed E-state index contributed by atoms with van der Waals surface area (Å²) in [6.45, 7) is -0.494. The molecule has 1 aromatic carbocycles. The van der Waals surface area contributed by atoms with E-state index in [0.717, 1.165) is 5.56 Å². The number of hydrogen-bond acceptors (Lipinski definition) is 3. The number of nitro groups is 1. The summed E-state index contributed by atoms with van der Waals surface area (Å²) in [4.78, 5) is 21.2. The summed E-state index contributed by atoms with van der Waals surface area (Å²) in [7, 11) is 0. The van der Waals surface area contributed by atoms with Gasteiger partial charge in [-0.3, -0.25) is 19.3 Å². The zero-order valence-electron chi connectivity index (χ0n) is 8.69. The first-order valence-corrected chi connectivity index (χ1v) is 4.94. The summed E-state index contributed by atoms with van der Waals surface area (Å²) in [6.07, 6.45) is 0.664. The van der Waals surface area contributed by atoms with E-state index in [1.165, 1.54) is 12.1 Å². The van der Waals surface area contributed by atoms with E-state index >= 15 is 0 Å². The number of rotatable bonds is 6. The van der Waals surface area contributed by atoms with Crippen molar-refractivity contribution in [1.29, 1.82) is 0 Å². The van der Waals surface area contributed by atoms with Crippen molar-refractivity contribution in [2.24, 2.45) is 0 Å². The molecular weight excluding hydrogens is 212 g/mol. The molecule has 0 unspecified atom stereocenters. The van der Waals surface area contributed by atoms with E-state index in [9.17, 15) is 19.3 Å². The number of alkyl halides is 1. The lowest BCUT2D eigenvalue weighted by atomic mass is 10.1. The number of carbonyl (C=O) groups is 1. The van der Waals surface area contributed by atoms with Crippen LogP contribution >= 0.6 is 0 Å². The van der Waals surface area contributed by atoms with E-state index in [-0.39, 0.29) is 30.7 Å². The molecule has 16 heavy (non-hydrogen) atoms. The van der Waals surface area contributed by atoms with Gasteiger partial charge in [0, 0.05) is 25.0 Å². The Morgan fingerprint density at radius 2 is 1.94 bits per heavy atom. The second kappa shape index (κ2) is 5.95. The van der Waals surface area contributed by atoms with Gasteiger partial charge in [-0.05, 0) is 12.0 Å². The molecule has 0 bridgehead atoms. The zero-order chi connectivity index (χ0) is 12.0. The molecule has 0 radical (unpaired) electrons. The first-order chi connectivity index (χ1) is 7.63. The van der Waals surface area contributed by atoms with Crippen LogP contribution in [0.25, 0.3) is 0 Å². The number of nitrogens with zero attached hydrogens (tertiary/aromatic N) is 1. The third-order valence-corrected chi connectivity index (χ3v) is 2.14. The fourth-order valence-corrected chi connectivity index (χ4v) is 1.32. The lowest BCUT2D eigenvalue weighted by Crippen LogP contribution is -2.02. The minimum Gasteiger partial charge on any atom is -0.299 e. The lowest BCUT2D eigenvalue weighted by molar-refractivity contribution is -0.384. The van der Waals surface area contributed by atoms with Gasteiger partial charge in [0.15, 0.2) is 0 Å². The molecule has 4 nitrogen and oxygen atoms in total. The third-order valence-electron chi connectivity index (χ3n) is 2.14. The highest BCUT2D eigenvalue weighted by molar-refractivity contribution is 5.80.